The highest BCUT2D eigenvalue weighted by Gasteiger charge is 2.48. The second-order valence-corrected chi connectivity index (χ2v) is 6.68. The van der Waals surface area contributed by atoms with Crippen LogP contribution in [-0.2, 0) is 19.1 Å². The number of rotatable bonds is 6. The van der Waals surface area contributed by atoms with E-state index in [1.165, 1.54) is 4.90 Å². The maximum absolute atomic E-state index is 13.5. The highest BCUT2D eigenvalue weighted by atomic mass is 16.5. The summed E-state index contributed by atoms with van der Waals surface area (Å²) in [5, 5.41) is 0. The minimum atomic E-state index is -1.06. The van der Waals surface area contributed by atoms with Gasteiger partial charge in [0, 0.05) is 13.3 Å². The van der Waals surface area contributed by atoms with Crippen LogP contribution in [0, 0.1) is 5.92 Å². The summed E-state index contributed by atoms with van der Waals surface area (Å²) in [5.41, 5.74) is 2.17. The minimum Gasteiger partial charge on any atom is -0.465 e. The van der Waals surface area contributed by atoms with Crippen molar-refractivity contribution in [2.45, 2.75) is 13.0 Å². The van der Waals surface area contributed by atoms with Gasteiger partial charge >= 0.3 is 5.97 Å². The topological polar surface area (TPSA) is 86.5 Å². The lowest BCUT2D eigenvalue weighted by Gasteiger charge is -2.37. The minimum absolute atomic E-state index is 0.188. The molecule has 1 aliphatic heterocycles. The van der Waals surface area contributed by atoms with E-state index in [0.29, 0.717) is 18.2 Å². The molecular weight excluding hydrogens is 372 g/mol. The third-order valence-electron chi connectivity index (χ3n) is 4.99. The van der Waals surface area contributed by atoms with Gasteiger partial charge in [-0.1, -0.05) is 18.2 Å². The third kappa shape index (κ3) is 3.25. The first kappa shape index (κ1) is 19.1. The van der Waals surface area contributed by atoms with Crippen molar-refractivity contribution >= 4 is 28.9 Å². The van der Waals surface area contributed by atoms with Gasteiger partial charge < -0.3 is 9.47 Å². The maximum Gasteiger partial charge on any atom is 0.321 e. The Kier molecular flexibility index (Phi) is 5.26. The molecule has 2 aromatic heterocycles. The number of imidazole rings is 1. The zero-order valence-electron chi connectivity index (χ0n) is 16.3. The number of fused-ring (bicyclic) bond motifs is 3. The number of hydrogen-bond acceptors (Lipinski definition) is 6. The molecule has 4 rings (SSSR count). The highest BCUT2D eigenvalue weighted by Crippen LogP contribution is 2.40. The van der Waals surface area contributed by atoms with Gasteiger partial charge in [-0.05, 0) is 31.2 Å². The highest BCUT2D eigenvalue weighted by molar-refractivity contribution is 6.08. The van der Waals surface area contributed by atoms with Gasteiger partial charge in [0.2, 0.25) is 11.9 Å². The molecule has 150 valence electrons. The maximum atomic E-state index is 13.5. The van der Waals surface area contributed by atoms with Gasteiger partial charge in [-0.25, -0.2) is 4.98 Å². The van der Waals surface area contributed by atoms with Gasteiger partial charge in [0.1, 0.15) is 6.04 Å². The number of para-hydroxylation sites is 2. The fourth-order valence-electron chi connectivity index (χ4n) is 3.76. The van der Waals surface area contributed by atoms with E-state index in [2.05, 4.69) is 9.97 Å². The van der Waals surface area contributed by atoms with Crippen molar-refractivity contribution in [3.63, 3.8) is 0 Å². The lowest BCUT2D eigenvalue weighted by atomic mass is 9.92. The molecule has 1 amide bonds. The van der Waals surface area contributed by atoms with E-state index in [9.17, 15) is 9.59 Å². The number of amides is 1. The van der Waals surface area contributed by atoms with Crippen LogP contribution in [0.15, 0.2) is 48.7 Å². The molecule has 8 heteroatoms. The van der Waals surface area contributed by atoms with Gasteiger partial charge in [-0.15, -0.1) is 0 Å². The van der Waals surface area contributed by atoms with Gasteiger partial charge in [0.05, 0.1) is 36.5 Å². The van der Waals surface area contributed by atoms with Crippen molar-refractivity contribution in [3.8, 4) is 0 Å². The van der Waals surface area contributed by atoms with Gasteiger partial charge in [0.25, 0.3) is 0 Å². The molecule has 3 heterocycles. The fourth-order valence-corrected chi connectivity index (χ4v) is 3.76. The van der Waals surface area contributed by atoms with Crippen molar-refractivity contribution in [1.82, 2.24) is 14.5 Å². The van der Waals surface area contributed by atoms with Crippen LogP contribution >= 0.6 is 0 Å². The molecule has 1 aromatic carbocycles. The predicted octanol–water partition coefficient (Wildman–Crippen LogP) is 2.19. The second kappa shape index (κ2) is 8.00. The summed E-state index contributed by atoms with van der Waals surface area (Å²) in [5.74, 6) is -1.52. The van der Waals surface area contributed by atoms with E-state index >= 15 is 0 Å². The summed E-state index contributed by atoms with van der Waals surface area (Å²) in [7, 11) is 1.57. The molecule has 1 aliphatic rings. The Morgan fingerprint density at radius 3 is 2.69 bits per heavy atom. The Balaban J connectivity index is 1.97. The molecule has 0 saturated carbocycles. The van der Waals surface area contributed by atoms with E-state index in [0.717, 1.165) is 11.0 Å². The molecule has 2 atom stereocenters. The number of methoxy groups -OCH3 is 1. The standard InChI is InChI=1S/C21H22N4O4/c1-3-29-20(27)17-18(15-9-6-7-11-22-15)25-16-10-5-4-8-14(16)23-21(25)24(19(17)26)12-13-28-2/h4-11,17-18H,3,12-13H2,1-2H3/t17-,18+/m1/s1. The van der Waals surface area contributed by atoms with Crippen molar-refractivity contribution < 1.29 is 19.1 Å². The van der Waals surface area contributed by atoms with Gasteiger partial charge in [0.15, 0.2) is 5.92 Å². The lowest BCUT2D eigenvalue weighted by Crippen LogP contribution is -2.51. The number of benzene rings is 1. The van der Waals surface area contributed by atoms with Crippen LogP contribution in [0.25, 0.3) is 11.0 Å². The summed E-state index contributed by atoms with van der Waals surface area (Å²) in [4.78, 5) is 37.0. The zero-order valence-corrected chi connectivity index (χ0v) is 16.3. The summed E-state index contributed by atoms with van der Waals surface area (Å²) >= 11 is 0. The van der Waals surface area contributed by atoms with Crippen LogP contribution in [0.1, 0.15) is 18.7 Å². The molecule has 8 nitrogen and oxygen atoms in total. The predicted molar refractivity (Wildman–Crippen MR) is 106 cm³/mol. The summed E-state index contributed by atoms with van der Waals surface area (Å²) in [6, 6.07) is 12.4. The third-order valence-corrected chi connectivity index (χ3v) is 4.99. The number of carbonyl (C=O) groups excluding carboxylic acids is 2. The average molecular weight is 394 g/mol. The molecule has 0 unspecified atom stereocenters. The number of ether oxygens (including phenoxy) is 2. The average Bonchev–Trinajstić information content (AvgIpc) is 3.12. The Labute approximate surface area is 168 Å². The molecule has 0 aliphatic carbocycles. The summed E-state index contributed by atoms with van der Waals surface area (Å²) in [6.45, 7) is 2.51. The molecule has 3 aromatic rings. The molecular formula is C21H22N4O4. The zero-order chi connectivity index (χ0) is 20.4. The van der Waals surface area contributed by atoms with E-state index in [4.69, 9.17) is 9.47 Å². The van der Waals surface area contributed by atoms with Crippen LogP contribution in [0.4, 0.5) is 5.95 Å². The molecule has 0 radical (unpaired) electrons. The van der Waals surface area contributed by atoms with Crippen molar-refractivity contribution in [2.75, 3.05) is 31.8 Å². The number of nitrogens with zero attached hydrogens (tertiary/aromatic N) is 4. The van der Waals surface area contributed by atoms with Crippen LogP contribution in [0.5, 0.6) is 0 Å². The van der Waals surface area contributed by atoms with E-state index < -0.39 is 17.9 Å². The molecule has 0 fully saturated rings. The molecule has 0 bridgehead atoms. The lowest BCUT2D eigenvalue weighted by molar-refractivity contribution is -0.153. The Morgan fingerprint density at radius 1 is 1.17 bits per heavy atom. The largest absolute Gasteiger partial charge is 0.465 e. The molecule has 0 N–H and O–H groups in total. The first-order valence-electron chi connectivity index (χ1n) is 9.52. The Bertz CT molecular complexity index is 1030. The Morgan fingerprint density at radius 2 is 1.97 bits per heavy atom. The Hall–Kier alpha value is -3.26. The molecule has 0 saturated heterocycles. The monoisotopic (exact) mass is 394 g/mol. The van der Waals surface area contributed by atoms with Crippen LogP contribution in [-0.4, -0.2) is 53.3 Å². The van der Waals surface area contributed by atoms with Crippen LogP contribution in [0.3, 0.4) is 0 Å². The number of anilines is 1. The molecule has 29 heavy (non-hydrogen) atoms. The van der Waals surface area contributed by atoms with E-state index in [-0.39, 0.29) is 19.1 Å². The van der Waals surface area contributed by atoms with E-state index in [1.54, 1.807) is 26.3 Å². The summed E-state index contributed by atoms with van der Waals surface area (Å²) < 4.78 is 12.4. The number of aromatic nitrogens is 3. The number of pyridine rings is 1. The van der Waals surface area contributed by atoms with Crippen molar-refractivity contribution in [1.29, 1.82) is 0 Å². The smallest absolute Gasteiger partial charge is 0.321 e. The van der Waals surface area contributed by atoms with Crippen LogP contribution in [0.2, 0.25) is 0 Å². The van der Waals surface area contributed by atoms with Gasteiger partial charge in [-0.2, -0.15) is 0 Å². The van der Waals surface area contributed by atoms with Crippen LogP contribution < -0.4 is 4.90 Å². The number of esters is 1. The number of hydrogen-bond donors (Lipinski definition) is 0. The first-order valence-corrected chi connectivity index (χ1v) is 9.52. The second-order valence-electron chi connectivity index (χ2n) is 6.68. The quantitative estimate of drug-likeness (QED) is 0.471. The SMILES string of the molecule is CCOC(=O)[C@H]1C(=O)N(CCOC)c2nc3ccccc3n2[C@H]1c1ccccn1. The van der Waals surface area contributed by atoms with Crippen molar-refractivity contribution in [3.05, 3.63) is 54.4 Å². The molecule has 0 spiro atoms. The van der Waals surface area contributed by atoms with Crippen molar-refractivity contribution in [2.24, 2.45) is 5.92 Å². The summed E-state index contributed by atoms with van der Waals surface area (Å²) in [6.07, 6.45) is 1.65. The van der Waals surface area contributed by atoms with Gasteiger partial charge in [-0.3, -0.25) is 24.0 Å². The number of carbonyl (C=O) groups is 2. The normalized spacial score (nSPS) is 18.7. The van der Waals surface area contributed by atoms with E-state index in [1.807, 2.05) is 41.0 Å². The first-order chi connectivity index (χ1) is 14.2. The fraction of sp³-hybridized carbons (Fsp3) is 0.333.